The van der Waals surface area contributed by atoms with Crippen LogP contribution >= 0.6 is 11.6 Å². The van der Waals surface area contributed by atoms with Crippen molar-refractivity contribution in [1.29, 1.82) is 0 Å². The fourth-order valence-electron chi connectivity index (χ4n) is 2.98. The molecule has 0 aliphatic heterocycles. The number of amides is 1. The van der Waals surface area contributed by atoms with E-state index in [9.17, 15) is 13.6 Å². The number of anilines is 1. The summed E-state index contributed by atoms with van der Waals surface area (Å²) in [6, 6.07) is 12.3. The highest BCUT2D eigenvalue weighted by Gasteiger charge is 2.26. The highest BCUT2D eigenvalue weighted by atomic mass is 35.5. The molecule has 0 bridgehead atoms. The monoisotopic (exact) mass is 428 g/mol. The van der Waals surface area contributed by atoms with E-state index in [-0.39, 0.29) is 28.2 Å². The number of hydrogen-bond acceptors (Lipinski definition) is 4. The van der Waals surface area contributed by atoms with Crippen molar-refractivity contribution in [3.8, 4) is 17.3 Å². The summed E-state index contributed by atoms with van der Waals surface area (Å²) in [5.41, 5.74) is 1.59. The van der Waals surface area contributed by atoms with E-state index in [4.69, 9.17) is 16.0 Å². The smallest absolute Gasteiger partial charge is 0.280 e. The average Bonchev–Trinajstić information content (AvgIpc) is 3.28. The summed E-state index contributed by atoms with van der Waals surface area (Å²) in [4.78, 5) is 17.3. The lowest BCUT2D eigenvalue weighted by molar-refractivity contribution is 0.102. The van der Waals surface area contributed by atoms with Crippen molar-refractivity contribution in [2.45, 2.75) is 13.8 Å². The maximum atomic E-state index is 14.1. The Morgan fingerprint density at radius 1 is 1.13 bits per heavy atom. The van der Waals surface area contributed by atoms with E-state index in [1.165, 1.54) is 4.68 Å². The molecule has 0 saturated heterocycles. The number of benzene rings is 2. The van der Waals surface area contributed by atoms with E-state index in [1.807, 2.05) is 12.1 Å². The van der Waals surface area contributed by atoms with Crippen LogP contribution < -0.4 is 5.32 Å². The van der Waals surface area contributed by atoms with Crippen LogP contribution in [0.5, 0.6) is 0 Å². The summed E-state index contributed by atoms with van der Waals surface area (Å²) in [5, 5.41) is 6.41. The first-order valence-corrected chi connectivity index (χ1v) is 9.27. The molecule has 2 heterocycles. The summed E-state index contributed by atoms with van der Waals surface area (Å²) in [7, 11) is 0. The molecule has 4 aromatic rings. The van der Waals surface area contributed by atoms with Crippen molar-refractivity contribution in [3.05, 3.63) is 82.3 Å². The maximum Gasteiger partial charge on any atom is 0.280 e. The minimum Gasteiger partial charge on any atom is -0.417 e. The van der Waals surface area contributed by atoms with Gasteiger partial charge >= 0.3 is 0 Å². The van der Waals surface area contributed by atoms with Gasteiger partial charge in [0.25, 0.3) is 11.8 Å². The maximum absolute atomic E-state index is 14.1. The molecule has 1 amide bonds. The molecule has 0 radical (unpaired) electrons. The first kappa shape index (κ1) is 19.8. The number of oxazole rings is 1. The van der Waals surface area contributed by atoms with Crippen LogP contribution in [0.1, 0.15) is 21.9 Å². The third-order valence-corrected chi connectivity index (χ3v) is 4.59. The van der Waals surface area contributed by atoms with E-state index < -0.39 is 17.5 Å². The van der Waals surface area contributed by atoms with Gasteiger partial charge < -0.3 is 9.73 Å². The van der Waals surface area contributed by atoms with Gasteiger partial charge in [0.1, 0.15) is 5.82 Å². The number of carbonyl (C=O) groups excluding carboxylic acids is 1. The molecule has 2 aromatic carbocycles. The third-order valence-electron chi connectivity index (χ3n) is 4.29. The van der Waals surface area contributed by atoms with Gasteiger partial charge in [0.05, 0.1) is 16.4 Å². The van der Waals surface area contributed by atoms with Crippen LogP contribution in [0.15, 0.2) is 52.9 Å². The molecule has 4 rings (SSSR count). The Kier molecular flexibility index (Phi) is 5.09. The second kappa shape index (κ2) is 7.72. The van der Waals surface area contributed by atoms with Gasteiger partial charge in [-0.1, -0.05) is 29.8 Å². The zero-order chi connectivity index (χ0) is 21.4. The first-order valence-electron chi connectivity index (χ1n) is 8.89. The quantitative estimate of drug-likeness (QED) is 0.477. The van der Waals surface area contributed by atoms with Crippen LogP contribution in [0.2, 0.25) is 5.02 Å². The summed E-state index contributed by atoms with van der Waals surface area (Å²) >= 11 is 5.90. The molecule has 30 heavy (non-hydrogen) atoms. The van der Waals surface area contributed by atoms with Crippen LogP contribution in [-0.4, -0.2) is 20.7 Å². The second-order valence-electron chi connectivity index (χ2n) is 6.58. The lowest BCUT2D eigenvalue weighted by Crippen LogP contribution is -2.17. The van der Waals surface area contributed by atoms with Gasteiger partial charge in [-0.05, 0) is 38.1 Å². The second-order valence-corrected chi connectivity index (χ2v) is 6.98. The molecular formula is C21H15ClF2N4O2. The van der Waals surface area contributed by atoms with Gasteiger partial charge in [0.15, 0.2) is 11.5 Å². The zero-order valence-electron chi connectivity index (χ0n) is 15.9. The van der Waals surface area contributed by atoms with Crippen molar-refractivity contribution >= 4 is 23.2 Å². The lowest BCUT2D eigenvalue weighted by atomic mass is 10.2. The van der Waals surface area contributed by atoms with E-state index in [0.717, 1.165) is 6.07 Å². The molecule has 9 heteroatoms. The highest BCUT2D eigenvalue weighted by molar-refractivity contribution is 6.34. The summed E-state index contributed by atoms with van der Waals surface area (Å²) in [6.45, 7) is 3.59. The molecule has 1 N–H and O–H groups in total. The standard InChI is InChI=1S/C21H15ClF2N4O2/c1-11-8-12(2)28(27-11)21-18(26-20(30-21)13-6-4-3-5-7-13)19(29)25-17-15(22)9-14(23)10-16(17)24/h3-10H,1-2H3,(H,25,29). The van der Waals surface area contributed by atoms with Gasteiger partial charge in [-0.2, -0.15) is 5.10 Å². The zero-order valence-corrected chi connectivity index (χ0v) is 16.7. The largest absolute Gasteiger partial charge is 0.417 e. The van der Waals surface area contributed by atoms with Gasteiger partial charge in [-0.25, -0.2) is 18.4 Å². The molecule has 0 saturated carbocycles. The number of aryl methyl sites for hydroxylation is 2. The number of carbonyl (C=O) groups is 1. The molecule has 2 aromatic heterocycles. The van der Waals surface area contributed by atoms with Gasteiger partial charge in [0, 0.05) is 17.3 Å². The van der Waals surface area contributed by atoms with E-state index in [2.05, 4.69) is 15.4 Å². The van der Waals surface area contributed by atoms with Crippen LogP contribution in [0.4, 0.5) is 14.5 Å². The lowest BCUT2D eigenvalue weighted by Gasteiger charge is -2.08. The Bertz CT molecular complexity index is 1230. The summed E-state index contributed by atoms with van der Waals surface area (Å²) < 4.78 is 34.8. The highest BCUT2D eigenvalue weighted by Crippen LogP contribution is 2.29. The van der Waals surface area contributed by atoms with Crippen LogP contribution in [0, 0.1) is 25.5 Å². The average molecular weight is 429 g/mol. The molecule has 0 aliphatic rings. The van der Waals surface area contributed by atoms with Gasteiger partial charge in [-0.3, -0.25) is 4.79 Å². The summed E-state index contributed by atoms with van der Waals surface area (Å²) in [5.74, 6) is -2.39. The molecule has 0 fully saturated rings. The van der Waals surface area contributed by atoms with Gasteiger partial charge in [0.2, 0.25) is 5.89 Å². The predicted molar refractivity (Wildman–Crippen MR) is 108 cm³/mol. The third kappa shape index (κ3) is 3.69. The molecule has 0 spiro atoms. The van der Waals surface area contributed by atoms with E-state index in [1.54, 1.807) is 38.1 Å². The minimum absolute atomic E-state index is 0.0654. The fraction of sp³-hybridized carbons (Fsp3) is 0.0952. The number of rotatable bonds is 4. The summed E-state index contributed by atoms with van der Waals surface area (Å²) in [6.07, 6.45) is 0. The SMILES string of the molecule is Cc1cc(C)n(-c2oc(-c3ccccc3)nc2C(=O)Nc2c(F)cc(F)cc2Cl)n1. The molecule has 0 atom stereocenters. The number of halogens is 3. The molecule has 0 unspecified atom stereocenters. The predicted octanol–water partition coefficient (Wildman–Crippen LogP) is 5.33. The Morgan fingerprint density at radius 3 is 2.50 bits per heavy atom. The Morgan fingerprint density at radius 2 is 1.87 bits per heavy atom. The van der Waals surface area contributed by atoms with E-state index >= 15 is 0 Å². The van der Waals surface area contributed by atoms with Crippen molar-refractivity contribution in [1.82, 2.24) is 14.8 Å². The Hall–Kier alpha value is -3.52. The molecular weight excluding hydrogens is 414 g/mol. The Labute approximate surface area is 175 Å². The molecule has 0 aliphatic carbocycles. The normalized spacial score (nSPS) is 11.0. The number of aromatic nitrogens is 3. The minimum atomic E-state index is -1.01. The van der Waals surface area contributed by atoms with Crippen molar-refractivity contribution in [2.75, 3.05) is 5.32 Å². The molecule has 152 valence electrons. The topological polar surface area (TPSA) is 73.0 Å². The number of hydrogen-bond donors (Lipinski definition) is 1. The first-order chi connectivity index (χ1) is 14.3. The molecule has 6 nitrogen and oxygen atoms in total. The van der Waals surface area contributed by atoms with Gasteiger partial charge in [-0.15, -0.1) is 0 Å². The van der Waals surface area contributed by atoms with Crippen LogP contribution in [-0.2, 0) is 0 Å². The van der Waals surface area contributed by atoms with Crippen LogP contribution in [0.25, 0.3) is 17.3 Å². The van der Waals surface area contributed by atoms with E-state index in [0.29, 0.717) is 23.0 Å². The fourth-order valence-corrected chi connectivity index (χ4v) is 3.22. The number of nitrogens with one attached hydrogen (secondary N) is 1. The Balaban J connectivity index is 1.81. The van der Waals surface area contributed by atoms with Crippen LogP contribution in [0.3, 0.4) is 0 Å². The van der Waals surface area contributed by atoms with Crippen molar-refractivity contribution in [2.24, 2.45) is 0 Å². The number of nitrogens with zero attached hydrogens (tertiary/aromatic N) is 3. The van der Waals surface area contributed by atoms with Crippen molar-refractivity contribution in [3.63, 3.8) is 0 Å². The van der Waals surface area contributed by atoms with Crippen molar-refractivity contribution < 1.29 is 18.0 Å².